The van der Waals surface area contributed by atoms with E-state index in [1.54, 1.807) is 6.20 Å². The minimum absolute atomic E-state index is 0.429. The van der Waals surface area contributed by atoms with Crippen molar-refractivity contribution in [3.8, 4) is 11.3 Å². The summed E-state index contributed by atoms with van der Waals surface area (Å²) in [5.41, 5.74) is 4.62. The summed E-state index contributed by atoms with van der Waals surface area (Å²) in [5.74, 6) is 0.674. The van der Waals surface area contributed by atoms with Gasteiger partial charge in [0.25, 0.3) is 0 Å². The normalized spacial score (nSPS) is 15.0. The molecule has 0 aliphatic carbocycles. The third-order valence-electron chi connectivity index (χ3n) is 4.23. The van der Waals surface area contributed by atoms with Crippen molar-refractivity contribution in [2.75, 3.05) is 5.32 Å². The molecule has 1 aliphatic rings. The quantitative estimate of drug-likeness (QED) is 0.595. The first-order valence-electron chi connectivity index (χ1n) is 8.25. The van der Waals surface area contributed by atoms with Crippen LogP contribution in [0, 0.1) is 0 Å². The molecule has 0 radical (unpaired) electrons. The molecule has 0 amide bonds. The number of aromatic nitrogens is 1. The van der Waals surface area contributed by atoms with E-state index < -0.39 is 6.04 Å². The lowest BCUT2D eigenvalue weighted by Crippen LogP contribution is -2.22. The lowest BCUT2D eigenvalue weighted by Gasteiger charge is -2.23. The lowest BCUT2D eigenvalue weighted by molar-refractivity contribution is -0.109. The zero-order valence-corrected chi connectivity index (χ0v) is 15.4. The summed E-state index contributed by atoms with van der Waals surface area (Å²) in [5, 5.41) is 6.46. The second-order valence-corrected chi connectivity index (χ2v) is 6.89. The van der Waals surface area contributed by atoms with Crippen molar-refractivity contribution in [1.29, 1.82) is 0 Å². The molecule has 26 heavy (non-hydrogen) atoms. The lowest BCUT2D eigenvalue weighted by atomic mass is 9.97. The van der Waals surface area contributed by atoms with Crippen LogP contribution in [0.1, 0.15) is 17.2 Å². The third kappa shape index (κ3) is 3.26. The Morgan fingerprint density at radius 2 is 1.92 bits per heavy atom. The maximum atomic E-state index is 11.6. The van der Waals surface area contributed by atoms with E-state index in [1.165, 1.54) is 0 Å². The Hall–Kier alpha value is -2.92. The predicted octanol–water partition coefficient (Wildman–Crippen LogP) is 5.07. The highest BCUT2D eigenvalue weighted by molar-refractivity contribution is 9.10. The van der Waals surface area contributed by atoms with E-state index in [0.717, 1.165) is 38.8 Å². The monoisotopic (exact) mass is 405 g/mol. The van der Waals surface area contributed by atoms with Crippen LogP contribution in [0.4, 0.5) is 11.5 Å². The molecule has 1 unspecified atom stereocenters. The SMILES string of the molecule is O=CC1NC=Cc2cc(-c3ccccc3)nc(Nc3cccc(Br)c3)c21. The number of halogens is 1. The maximum Gasteiger partial charge on any atom is 0.146 e. The van der Waals surface area contributed by atoms with E-state index in [4.69, 9.17) is 4.98 Å². The third-order valence-corrected chi connectivity index (χ3v) is 4.73. The van der Waals surface area contributed by atoms with Crippen LogP contribution in [0.3, 0.4) is 0 Å². The zero-order valence-electron chi connectivity index (χ0n) is 13.8. The molecule has 0 saturated heterocycles. The summed E-state index contributed by atoms with van der Waals surface area (Å²) in [6.45, 7) is 0. The van der Waals surface area contributed by atoms with Crippen molar-refractivity contribution in [1.82, 2.24) is 10.3 Å². The highest BCUT2D eigenvalue weighted by Crippen LogP contribution is 2.34. The molecule has 0 saturated carbocycles. The average molecular weight is 406 g/mol. The number of nitrogens with one attached hydrogen (secondary N) is 2. The number of nitrogens with zero attached hydrogens (tertiary/aromatic N) is 1. The summed E-state index contributed by atoms with van der Waals surface area (Å²) in [6.07, 6.45) is 4.67. The molecule has 1 aliphatic heterocycles. The standard InChI is InChI=1S/C21H16BrN3O/c22-16-7-4-8-17(12-16)24-21-20-15(9-10-23-19(20)13-26)11-18(25-21)14-5-2-1-3-6-14/h1-13,19,23H,(H,24,25). The smallest absolute Gasteiger partial charge is 0.146 e. The largest absolute Gasteiger partial charge is 0.378 e. The van der Waals surface area contributed by atoms with Gasteiger partial charge in [0.05, 0.1) is 5.69 Å². The number of hydrogen-bond donors (Lipinski definition) is 2. The van der Waals surface area contributed by atoms with Gasteiger partial charge in [0.2, 0.25) is 0 Å². The minimum atomic E-state index is -0.429. The fraction of sp³-hybridized carbons (Fsp3) is 0.0476. The van der Waals surface area contributed by atoms with Crippen molar-refractivity contribution in [3.63, 3.8) is 0 Å². The van der Waals surface area contributed by atoms with Crippen LogP contribution in [0.15, 0.2) is 71.3 Å². The zero-order chi connectivity index (χ0) is 17.9. The van der Waals surface area contributed by atoms with Gasteiger partial charge in [0, 0.05) is 21.3 Å². The minimum Gasteiger partial charge on any atom is -0.378 e. The summed E-state index contributed by atoms with van der Waals surface area (Å²) < 4.78 is 0.973. The van der Waals surface area contributed by atoms with Crippen molar-refractivity contribution in [2.45, 2.75) is 6.04 Å². The van der Waals surface area contributed by atoms with Crippen molar-refractivity contribution < 1.29 is 4.79 Å². The number of anilines is 2. The summed E-state index contributed by atoms with van der Waals surface area (Å²) in [7, 11) is 0. The van der Waals surface area contributed by atoms with E-state index in [2.05, 4.69) is 26.6 Å². The first-order chi connectivity index (χ1) is 12.7. The van der Waals surface area contributed by atoms with Gasteiger partial charge in [-0.15, -0.1) is 0 Å². The Bertz CT molecular complexity index is 986. The second kappa shape index (κ2) is 7.14. The average Bonchev–Trinajstić information content (AvgIpc) is 2.68. The molecular weight excluding hydrogens is 390 g/mol. The molecule has 2 heterocycles. The number of pyridine rings is 1. The molecule has 5 heteroatoms. The van der Waals surface area contributed by atoms with Crippen LogP contribution in [-0.4, -0.2) is 11.3 Å². The molecule has 0 fully saturated rings. The number of benzene rings is 2. The molecule has 128 valence electrons. The highest BCUT2D eigenvalue weighted by atomic mass is 79.9. The van der Waals surface area contributed by atoms with Gasteiger partial charge in [-0.25, -0.2) is 4.98 Å². The number of fused-ring (bicyclic) bond motifs is 1. The van der Waals surface area contributed by atoms with Crippen LogP contribution in [0.5, 0.6) is 0 Å². The van der Waals surface area contributed by atoms with Gasteiger partial charge in [0.1, 0.15) is 18.1 Å². The molecule has 4 rings (SSSR count). The van der Waals surface area contributed by atoms with Gasteiger partial charge < -0.3 is 15.4 Å². The predicted molar refractivity (Wildman–Crippen MR) is 108 cm³/mol. The van der Waals surface area contributed by atoms with Gasteiger partial charge in [0.15, 0.2) is 0 Å². The number of carbonyl (C=O) groups excluding carboxylic acids is 1. The van der Waals surface area contributed by atoms with E-state index in [9.17, 15) is 4.79 Å². The van der Waals surface area contributed by atoms with Crippen LogP contribution in [0.25, 0.3) is 17.3 Å². The molecule has 0 spiro atoms. The van der Waals surface area contributed by atoms with E-state index >= 15 is 0 Å². The van der Waals surface area contributed by atoms with Crippen LogP contribution < -0.4 is 10.6 Å². The number of carbonyl (C=O) groups is 1. The number of rotatable bonds is 4. The van der Waals surface area contributed by atoms with Crippen LogP contribution in [0.2, 0.25) is 0 Å². The Kier molecular flexibility index (Phi) is 4.54. The van der Waals surface area contributed by atoms with Gasteiger partial charge in [-0.2, -0.15) is 0 Å². The molecule has 1 aromatic heterocycles. The summed E-state index contributed by atoms with van der Waals surface area (Å²) in [4.78, 5) is 16.4. The van der Waals surface area contributed by atoms with Crippen LogP contribution >= 0.6 is 15.9 Å². The fourth-order valence-electron chi connectivity index (χ4n) is 3.03. The van der Waals surface area contributed by atoms with E-state index in [1.807, 2.05) is 66.7 Å². The molecule has 2 aromatic carbocycles. The van der Waals surface area contributed by atoms with Crippen molar-refractivity contribution >= 4 is 39.8 Å². The Labute approximate surface area is 160 Å². The number of hydrogen-bond acceptors (Lipinski definition) is 4. The fourth-order valence-corrected chi connectivity index (χ4v) is 3.43. The van der Waals surface area contributed by atoms with Crippen molar-refractivity contribution in [3.05, 3.63) is 82.5 Å². The Balaban J connectivity index is 1.86. The summed E-state index contributed by atoms with van der Waals surface area (Å²) >= 11 is 3.49. The molecule has 0 bridgehead atoms. The van der Waals surface area contributed by atoms with Gasteiger partial charge in [-0.1, -0.05) is 52.3 Å². The summed E-state index contributed by atoms with van der Waals surface area (Å²) in [6, 6.07) is 19.5. The molecule has 3 aromatic rings. The highest BCUT2D eigenvalue weighted by Gasteiger charge is 2.22. The first-order valence-corrected chi connectivity index (χ1v) is 9.05. The van der Waals surface area contributed by atoms with Gasteiger partial charge in [-0.05, 0) is 42.1 Å². The second-order valence-electron chi connectivity index (χ2n) is 5.97. The number of aldehydes is 1. The van der Waals surface area contributed by atoms with Crippen LogP contribution in [-0.2, 0) is 4.79 Å². The van der Waals surface area contributed by atoms with E-state index in [0.29, 0.717) is 5.82 Å². The Morgan fingerprint density at radius 1 is 1.08 bits per heavy atom. The first kappa shape index (κ1) is 16.5. The van der Waals surface area contributed by atoms with Gasteiger partial charge in [-0.3, -0.25) is 0 Å². The Morgan fingerprint density at radius 3 is 2.69 bits per heavy atom. The molecular formula is C21H16BrN3O. The molecule has 1 atom stereocenters. The topological polar surface area (TPSA) is 54.0 Å². The maximum absolute atomic E-state index is 11.6. The van der Waals surface area contributed by atoms with Gasteiger partial charge >= 0.3 is 0 Å². The molecule has 2 N–H and O–H groups in total. The van der Waals surface area contributed by atoms with Crippen molar-refractivity contribution in [2.24, 2.45) is 0 Å². The molecule has 4 nitrogen and oxygen atoms in total. The van der Waals surface area contributed by atoms with E-state index in [-0.39, 0.29) is 0 Å².